The van der Waals surface area contributed by atoms with Crippen molar-refractivity contribution in [3.05, 3.63) is 34.5 Å². The molecule has 0 spiro atoms. The molecule has 20 heavy (non-hydrogen) atoms. The van der Waals surface area contributed by atoms with Gasteiger partial charge in [0.2, 0.25) is 17.4 Å². The van der Waals surface area contributed by atoms with Crippen molar-refractivity contribution in [1.29, 1.82) is 0 Å². The Balaban J connectivity index is 2.18. The summed E-state index contributed by atoms with van der Waals surface area (Å²) in [5.41, 5.74) is 5.84. The number of nitro groups is 1. The number of carbonyl (C=O) groups is 1. The Hall–Kier alpha value is -2.64. The van der Waals surface area contributed by atoms with Crippen LogP contribution in [-0.2, 0) is 4.79 Å². The van der Waals surface area contributed by atoms with Crippen LogP contribution in [0.1, 0.15) is 12.8 Å². The van der Waals surface area contributed by atoms with Gasteiger partial charge in [0.1, 0.15) is 6.04 Å². The molecule has 0 saturated carbocycles. The van der Waals surface area contributed by atoms with Gasteiger partial charge in [-0.3, -0.25) is 4.79 Å². The summed E-state index contributed by atoms with van der Waals surface area (Å²) in [5, 5.41) is 11.3. The third kappa shape index (κ3) is 1.77. The monoisotopic (exact) mass is 275 g/mol. The minimum atomic E-state index is -0.529. The average molecular weight is 275 g/mol. The number of imidazole rings is 1. The second-order valence-electron chi connectivity index (χ2n) is 4.70. The zero-order chi connectivity index (χ0) is 14.3. The van der Waals surface area contributed by atoms with E-state index in [2.05, 4.69) is 4.98 Å². The standard InChI is InChI=1S/C12H13N5O3/c13-10(18)8-4-3-7-15(8)11-12(17(19)20)16-6-2-1-5-9(16)14-11/h1-2,5-6,8H,3-4,7H2,(H2,13,18). The third-order valence-corrected chi connectivity index (χ3v) is 3.51. The van der Waals surface area contributed by atoms with Crippen LogP contribution >= 0.6 is 0 Å². The predicted molar refractivity (Wildman–Crippen MR) is 71.4 cm³/mol. The maximum absolute atomic E-state index is 11.5. The molecule has 1 aliphatic heterocycles. The normalized spacial score (nSPS) is 18.6. The maximum atomic E-state index is 11.5. The van der Waals surface area contributed by atoms with Crippen molar-refractivity contribution in [2.24, 2.45) is 5.73 Å². The largest absolute Gasteiger partial charge is 0.372 e. The molecule has 0 aliphatic carbocycles. The number of primary amides is 1. The molecule has 0 bridgehead atoms. The molecule has 0 aromatic carbocycles. The second kappa shape index (κ2) is 4.48. The summed E-state index contributed by atoms with van der Waals surface area (Å²) in [6.07, 6.45) is 2.94. The van der Waals surface area contributed by atoms with Crippen molar-refractivity contribution in [3.63, 3.8) is 0 Å². The summed E-state index contributed by atoms with van der Waals surface area (Å²) < 4.78 is 1.41. The van der Waals surface area contributed by atoms with E-state index in [0.29, 0.717) is 18.6 Å². The third-order valence-electron chi connectivity index (χ3n) is 3.51. The number of carbonyl (C=O) groups excluding carboxylic acids is 1. The van der Waals surface area contributed by atoms with Crippen LogP contribution in [0, 0.1) is 10.1 Å². The van der Waals surface area contributed by atoms with Crippen LogP contribution in [0.3, 0.4) is 0 Å². The van der Waals surface area contributed by atoms with Crippen LogP contribution < -0.4 is 10.6 Å². The van der Waals surface area contributed by atoms with Crippen molar-refractivity contribution in [2.75, 3.05) is 11.4 Å². The van der Waals surface area contributed by atoms with Crippen LogP contribution in [0.15, 0.2) is 24.4 Å². The van der Waals surface area contributed by atoms with Gasteiger partial charge in [-0.15, -0.1) is 0 Å². The molecule has 1 aliphatic rings. The van der Waals surface area contributed by atoms with E-state index in [0.717, 1.165) is 6.42 Å². The first-order valence-electron chi connectivity index (χ1n) is 6.27. The van der Waals surface area contributed by atoms with Gasteiger partial charge < -0.3 is 20.7 Å². The van der Waals surface area contributed by atoms with Gasteiger partial charge in [-0.25, -0.2) is 0 Å². The number of nitrogens with zero attached hydrogens (tertiary/aromatic N) is 4. The molecule has 104 valence electrons. The fourth-order valence-corrected chi connectivity index (χ4v) is 2.65. The van der Waals surface area contributed by atoms with Gasteiger partial charge in [0.25, 0.3) is 0 Å². The molecule has 8 heteroatoms. The lowest BCUT2D eigenvalue weighted by molar-refractivity contribution is -0.389. The summed E-state index contributed by atoms with van der Waals surface area (Å²) in [6, 6.07) is 4.61. The fraction of sp³-hybridized carbons (Fsp3) is 0.333. The Kier molecular flexibility index (Phi) is 2.78. The smallest absolute Gasteiger partial charge is 0.368 e. The molecule has 1 amide bonds. The van der Waals surface area contributed by atoms with Gasteiger partial charge in [-0.1, -0.05) is 6.07 Å². The highest BCUT2D eigenvalue weighted by molar-refractivity contribution is 5.85. The maximum Gasteiger partial charge on any atom is 0.372 e. The Morgan fingerprint density at radius 1 is 1.50 bits per heavy atom. The highest BCUT2D eigenvalue weighted by Crippen LogP contribution is 2.33. The molecule has 8 nitrogen and oxygen atoms in total. The lowest BCUT2D eigenvalue weighted by Gasteiger charge is -2.20. The van der Waals surface area contributed by atoms with E-state index in [1.807, 2.05) is 0 Å². The van der Waals surface area contributed by atoms with E-state index in [4.69, 9.17) is 5.73 Å². The molecular weight excluding hydrogens is 262 g/mol. The first kappa shape index (κ1) is 12.4. The van der Waals surface area contributed by atoms with Crippen molar-refractivity contribution < 1.29 is 9.72 Å². The Morgan fingerprint density at radius 2 is 2.30 bits per heavy atom. The van der Waals surface area contributed by atoms with E-state index in [9.17, 15) is 14.9 Å². The van der Waals surface area contributed by atoms with Gasteiger partial charge in [0.15, 0.2) is 0 Å². The average Bonchev–Trinajstić information content (AvgIpc) is 3.02. The summed E-state index contributed by atoms with van der Waals surface area (Å²) >= 11 is 0. The van der Waals surface area contributed by atoms with Crippen molar-refractivity contribution in [1.82, 2.24) is 9.38 Å². The van der Waals surface area contributed by atoms with Crippen molar-refractivity contribution in [3.8, 4) is 0 Å². The Bertz CT molecular complexity index is 695. The highest BCUT2D eigenvalue weighted by Gasteiger charge is 2.36. The lowest BCUT2D eigenvalue weighted by Crippen LogP contribution is -2.40. The van der Waals surface area contributed by atoms with Crippen molar-refractivity contribution in [2.45, 2.75) is 18.9 Å². The molecule has 1 unspecified atom stereocenters. The molecule has 3 heterocycles. The van der Waals surface area contributed by atoms with Crippen LogP contribution in [0.5, 0.6) is 0 Å². The summed E-state index contributed by atoms with van der Waals surface area (Å²) in [6.45, 7) is 0.540. The van der Waals surface area contributed by atoms with Crippen LogP contribution in [0.2, 0.25) is 0 Å². The van der Waals surface area contributed by atoms with Gasteiger partial charge in [-0.2, -0.15) is 9.38 Å². The fourth-order valence-electron chi connectivity index (χ4n) is 2.65. The number of amides is 1. The first-order valence-corrected chi connectivity index (χ1v) is 6.27. The second-order valence-corrected chi connectivity index (χ2v) is 4.70. The molecule has 2 aromatic rings. The van der Waals surface area contributed by atoms with Crippen molar-refractivity contribution >= 4 is 23.2 Å². The van der Waals surface area contributed by atoms with Crippen LogP contribution in [0.4, 0.5) is 11.6 Å². The summed E-state index contributed by atoms with van der Waals surface area (Å²) in [5.74, 6) is -0.398. The number of aromatic nitrogens is 2. The first-order chi connectivity index (χ1) is 9.59. The van der Waals surface area contributed by atoms with E-state index < -0.39 is 16.9 Å². The molecule has 2 N–H and O–H groups in total. The number of hydrogen-bond donors (Lipinski definition) is 1. The number of fused-ring (bicyclic) bond motifs is 1. The molecule has 0 radical (unpaired) electrons. The van der Waals surface area contributed by atoms with E-state index in [-0.39, 0.29) is 11.6 Å². The zero-order valence-corrected chi connectivity index (χ0v) is 10.6. The van der Waals surface area contributed by atoms with Crippen LogP contribution in [0.25, 0.3) is 5.65 Å². The van der Waals surface area contributed by atoms with Gasteiger partial charge in [-0.05, 0) is 23.8 Å². The molecule has 1 fully saturated rings. The quantitative estimate of drug-likeness (QED) is 0.655. The van der Waals surface area contributed by atoms with Gasteiger partial charge >= 0.3 is 5.82 Å². The van der Waals surface area contributed by atoms with Gasteiger partial charge in [0, 0.05) is 12.6 Å². The predicted octanol–water partition coefficient (Wildman–Crippen LogP) is 0.697. The van der Waals surface area contributed by atoms with Crippen LogP contribution in [-0.4, -0.2) is 32.8 Å². The summed E-state index contributed by atoms with van der Waals surface area (Å²) in [7, 11) is 0. The van der Waals surface area contributed by atoms with E-state index >= 15 is 0 Å². The molecular formula is C12H13N5O3. The summed E-state index contributed by atoms with van der Waals surface area (Å²) in [4.78, 5) is 28.2. The highest BCUT2D eigenvalue weighted by atomic mass is 16.6. The number of rotatable bonds is 3. The number of hydrogen-bond acceptors (Lipinski definition) is 5. The zero-order valence-electron chi connectivity index (χ0n) is 10.6. The minimum Gasteiger partial charge on any atom is -0.368 e. The minimum absolute atomic E-state index is 0.131. The molecule has 1 saturated heterocycles. The molecule has 1 atom stereocenters. The number of anilines is 1. The lowest BCUT2D eigenvalue weighted by atomic mass is 10.2. The van der Waals surface area contributed by atoms with Gasteiger partial charge in [0.05, 0.1) is 6.20 Å². The Morgan fingerprint density at radius 3 is 3.00 bits per heavy atom. The van der Waals surface area contributed by atoms with E-state index in [1.165, 1.54) is 4.40 Å². The topological polar surface area (TPSA) is 107 Å². The van der Waals surface area contributed by atoms with E-state index in [1.54, 1.807) is 29.3 Å². The Labute approximate surface area is 114 Å². The SMILES string of the molecule is NC(=O)C1CCCN1c1nc2ccccn2c1[N+](=O)[O-]. The molecule has 2 aromatic heterocycles. The number of nitrogens with two attached hydrogens (primary N) is 1. The number of pyridine rings is 1. The molecule has 3 rings (SSSR count).